The lowest BCUT2D eigenvalue weighted by Crippen LogP contribution is -2.20. The van der Waals surface area contributed by atoms with E-state index in [1.807, 2.05) is 6.92 Å². The van der Waals surface area contributed by atoms with E-state index in [1.54, 1.807) is 12.1 Å². The van der Waals surface area contributed by atoms with Crippen LogP contribution in [-0.2, 0) is 14.3 Å². The predicted octanol–water partition coefficient (Wildman–Crippen LogP) is 2.74. The van der Waals surface area contributed by atoms with Gasteiger partial charge in [-0.05, 0) is 18.6 Å². The van der Waals surface area contributed by atoms with Crippen LogP contribution in [0.25, 0.3) is 0 Å². The number of allylic oxidation sites excluding steroid dienone is 1. The second kappa shape index (κ2) is 8.68. The van der Waals surface area contributed by atoms with Gasteiger partial charge in [0.05, 0.1) is 5.69 Å². The number of hydrogen-bond donors (Lipinski definition) is 1. The number of esters is 1. The molecule has 0 bridgehead atoms. The number of hydrogen-bond acceptors (Lipinski definition) is 4. The third-order valence-corrected chi connectivity index (χ3v) is 2.21. The van der Waals surface area contributed by atoms with Crippen molar-refractivity contribution < 1.29 is 27.8 Å². The Morgan fingerprint density at radius 1 is 1.33 bits per heavy atom. The highest BCUT2D eigenvalue weighted by Crippen LogP contribution is 2.25. The SMILES string of the molecule is CC/C=C/C(=O)OCC(=O)Nc1ccccc1OC(F)F. The molecule has 114 valence electrons. The van der Waals surface area contributed by atoms with Gasteiger partial charge in [0.2, 0.25) is 0 Å². The van der Waals surface area contributed by atoms with Gasteiger partial charge < -0.3 is 14.8 Å². The highest BCUT2D eigenvalue weighted by molar-refractivity contribution is 5.94. The summed E-state index contributed by atoms with van der Waals surface area (Å²) in [6, 6.07) is 5.72. The molecule has 21 heavy (non-hydrogen) atoms. The maximum absolute atomic E-state index is 12.2. The van der Waals surface area contributed by atoms with Gasteiger partial charge in [0, 0.05) is 6.08 Å². The van der Waals surface area contributed by atoms with E-state index in [0.29, 0.717) is 6.42 Å². The Kier molecular flexibility index (Phi) is 6.86. The van der Waals surface area contributed by atoms with Gasteiger partial charge >= 0.3 is 12.6 Å². The molecule has 1 N–H and O–H groups in total. The molecule has 0 aliphatic carbocycles. The smallest absolute Gasteiger partial charge is 0.387 e. The first-order chi connectivity index (χ1) is 10.0. The average Bonchev–Trinajstić information content (AvgIpc) is 2.44. The first-order valence-electron chi connectivity index (χ1n) is 6.20. The summed E-state index contributed by atoms with van der Waals surface area (Å²) in [7, 11) is 0. The normalized spacial score (nSPS) is 10.7. The molecule has 7 heteroatoms. The maximum Gasteiger partial charge on any atom is 0.387 e. The molecule has 0 aliphatic heterocycles. The number of nitrogens with one attached hydrogen (secondary N) is 1. The van der Waals surface area contributed by atoms with Crippen molar-refractivity contribution in [1.82, 2.24) is 0 Å². The van der Waals surface area contributed by atoms with Gasteiger partial charge in [-0.25, -0.2) is 4.79 Å². The van der Waals surface area contributed by atoms with E-state index >= 15 is 0 Å². The molecule has 0 saturated carbocycles. The molecule has 1 aromatic rings. The van der Waals surface area contributed by atoms with Gasteiger partial charge in [-0.2, -0.15) is 8.78 Å². The minimum absolute atomic E-state index is 0.0722. The van der Waals surface area contributed by atoms with Crippen molar-refractivity contribution in [2.75, 3.05) is 11.9 Å². The van der Waals surface area contributed by atoms with Crippen LogP contribution in [0.2, 0.25) is 0 Å². The van der Waals surface area contributed by atoms with E-state index in [0.717, 1.165) is 0 Å². The van der Waals surface area contributed by atoms with Crippen molar-refractivity contribution in [2.24, 2.45) is 0 Å². The zero-order valence-corrected chi connectivity index (χ0v) is 11.3. The molecule has 1 aromatic carbocycles. The molecule has 0 fully saturated rings. The third-order valence-electron chi connectivity index (χ3n) is 2.21. The standard InChI is InChI=1S/C14H15F2NO4/c1-2-3-8-13(19)20-9-12(18)17-10-6-4-5-7-11(10)21-14(15)16/h3-8,14H,2,9H2,1H3,(H,17,18)/b8-3+. The molecule has 0 saturated heterocycles. The van der Waals surface area contributed by atoms with Crippen LogP contribution in [0.15, 0.2) is 36.4 Å². The van der Waals surface area contributed by atoms with Crippen LogP contribution in [0.3, 0.4) is 0 Å². The van der Waals surface area contributed by atoms with Gasteiger partial charge in [-0.1, -0.05) is 25.1 Å². The Balaban J connectivity index is 2.55. The summed E-state index contributed by atoms with van der Waals surface area (Å²) in [5, 5.41) is 2.33. The average molecular weight is 299 g/mol. The molecule has 1 amide bonds. The lowest BCUT2D eigenvalue weighted by Gasteiger charge is -2.11. The summed E-state index contributed by atoms with van der Waals surface area (Å²) < 4.78 is 33.3. The van der Waals surface area contributed by atoms with Crippen LogP contribution >= 0.6 is 0 Å². The summed E-state index contributed by atoms with van der Waals surface area (Å²) in [5.74, 6) is -1.47. The van der Waals surface area contributed by atoms with Crippen LogP contribution in [0.4, 0.5) is 14.5 Å². The molecule has 0 unspecified atom stereocenters. The van der Waals surface area contributed by atoms with Crippen LogP contribution < -0.4 is 10.1 Å². The van der Waals surface area contributed by atoms with Crippen molar-refractivity contribution in [3.63, 3.8) is 0 Å². The van der Waals surface area contributed by atoms with Crippen molar-refractivity contribution in [1.29, 1.82) is 0 Å². The topological polar surface area (TPSA) is 64.6 Å². The summed E-state index contributed by atoms with van der Waals surface area (Å²) in [5.41, 5.74) is 0.0722. The van der Waals surface area contributed by atoms with Crippen LogP contribution in [0.5, 0.6) is 5.75 Å². The number of para-hydroxylation sites is 2. The van der Waals surface area contributed by atoms with Crippen molar-refractivity contribution >= 4 is 17.6 Å². The number of benzene rings is 1. The van der Waals surface area contributed by atoms with E-state index in [1.165, 1.54) is 24.3 Å². The quantitative estimate of drug-likeness (QED) is 0.621. The summed E-state index contributed by atoms with van der Waals surface area (Å²) in [4.78, 5) is 22.7. The highest BCUT2D eigenvalue weighted by atomic mass is 19.3. The van der Waals surface area contributed by atoms with E-state index in [-0.39, 0.29) is 11.4 Å². The van der Waals surface area contributed by atoms with Gasteiger partial charge in [-0.15, -0.1) is 0 Å². The van der Waals surface area contributed by atoms with Crippen LogP contribution in [0, 0.1) is 0 Å². The molecular formula is C14H15F2NO4. The fourth-order valence-electron chi connectivity index (χ4n) is 1.35. The number of alkyl halides is 2. The Bertz CT molecular complexity index is 517. The first kappa shape index (κ1) is 16.6. The first-order valence-corrected chi connectivity index (χ1v) is 6.20. The second-order valence-electron chi connectivity index (χ2n) is 3.84. The van der Waals surface area contributed by atoms with Crippen molar-refractivity contribution in [2.45, 2.75) is 20.0 Å². The fraction of sp³-hybridized carbons (Fsp3) is 0.286. The summed E-state index contributed by atoms with van der Waals surface area (Å²) in [6.07, 6.45) is 3.47. The maximum atomic E-state index is 12.2. The summed E-state index contributed by atoms with van der Waals surface area (Å²) in [6.45, 7) is -1.67. The van der Waals surface area contributed by atoms with Crippen molar-refractivity contribution in [3.05, 3.63) is 36.4 Å². The Hall–Kier alpha value is -2.44. The predicted molar refractivity (Wildman–Crippen MR) is 72.1 cm³/mol. The molecule has 0 spiro atoms. The number of ether oxygens (including phenoxy) is 2. The van der Waals surface area contributed by atoms with Gasteiger partial charge in [0.1, 0.15) is 5.75 Å². The van der Waals surface area contributed by atoms with E-state index in [9.17, 15) is 18.4 Å². The van der Waals surface area contributed by atoms with Crippen LogP contribution in [-0.4, -0.2) is 25.1 Å². The zero-order chi connectivity index (χ0) is 15.7. The third kappa shape index (κ3) is 6.51. The highest BCUT2D eigenvalue weighted by Gasteiger charge is 2.12. The number of halogens is 2. The molecule has 0 heterocycles. The number of rotatable bonds is 7. The summed E-state index contributed by atoms with van der Waals surface area (Å²) >= 11 is 0. The molecule has 1 rings (SSSR count). The lowest BCUT2D eigenvalue weighted by atomic mass is 10.3. The number of carbonyl (C=O) groups is 2. The molecule has 0 aliphatic rings. The molecular weight excluding hydrogens is 284 g/mol. The van der Waals surface area contributed by atoms with E-state index in [2.05, 4.69) is 14.8 Å². The number of amides is 1. The van der Waals surface area contributed by atoms with Gasteiger partial charge in [-0.3, -0.25) is 4.79 Å². The Labute approximate surface area is 120 Å². The molecule has 0 atom stereocenters. The van der Waals surface area contributed by atoms with E-state index < -0.39 is 25.1 Å². The monoisotopic (exact) mass is 299 g/mol. The van der Waals surface area contributed by atoms with Gasteiger partial charge in [0.15, 0.2) is 6.61 Å². The lowest BCUT2D eigenvalue weighted by molar-refractivity contribution is -0.142. The Morgan fingerprint density at radius 3 is 2.71 bits per heavy atom. The Morgan fingerprint density at radius 2 is 2.05 bits per heavy atom. The van der Waals surface area contributed by atoms with Gasteiger partial charge in [0.25, 0.3) is 5.91 Å². The zero-order valence-electron chi connectivity index (χ0n) is 11.3. The fourth-order valence-corrected chi connectivity index (χ4v) is 1.35. The second-order valence-corrected chi connectivity index (χ2v) is 3.84. The van der Waals surface area contributed by atoms with Crippen LogP contribution in [0.1, 0.15) is 13.3 Å². The number of carbonyl (C=O) groups excluding carboxylic acids is 2. The van der Waals surface area contributed by atoms with E-state index in [4.69, 9.17) is 0 Å². The van der Waals surface area contributed by atoms with Crippen molar-refractivity contribution in [3.8, 4) is 5.75 Å². The minimum atomic E-state index is -3.00. The largest absolute Gasteiger partial charge is 0.452 e. The molecule has 0 radical (unpaired) electrons. The number of anilines is 1. The molecule has 5 nitrogen and oxygen atoms in total. The minimum Gasteiger partial charge on any atom is -0.452 e. The molecule has 0 aromatic heterocycles.